The van der Waals surface area contributed by atoms with Gasteiger partial charge in [-0.3, -0.25) is 4.98 Å². The van der Waals surface area contributed by atoms with E-state index < -0.39 is 0 Å². The number of hydrogen-bond donors (Lipinski definition) is 0. The van der Waals surface area contributed by atoms with Crippen LogP contribution in [0.25, 0.3) is 22.8 Å². The molecule has 0 fully saturated rings. The van der Waals surface area contributed by atoms with Crippen LogP contribution in [0.5, 0.6) is 0 Å². The normalized spacial score (nSPS) is 12.8. The van der Waals surface area contributed by atoms with Crippen molar-refractivity contribution in [3.8, 4) is 22.8 Å². The van der Waals surface area contributed by atoms with Crippen molar-refractivity contribution in [2.45, 2.75) is 13.0 Å². The zero-order chi connectivity index (χ0) is 12.7. The van der Waals surface area contributed by atoms with E-state index in [2.05, 4.69) is 33.3 Å². The number of rotatable bonds is 1. The first kappa shape index (κ1) is 10.4. The van der Waals surface area contributed by atoms with Crippen LogP contribution in [0.1, 0.15) is 5.56 Å². The molecule has 0 atom stereocenters. The van der Waals surface area contributed by atoms with Crippen molar-refractivity contribution in [1.82, 2.24) is 19.7 Å². The zero-order valence-electron chi connectivity index (χ0n) is 10.3. The van der Waals surface area contributed by atoms with E-state index in [-0.39, 0.29) is 0 Å². The molecule has 0 spiro atoms. The van der Waals surface area contributed by atoms with Crippen molar-refractivity contribution >= 4 is 0 Å². The van der Waals surface area contributed by atoms with Gasteiger partial charge in [0.25, 0.3) is 0 Å². The maximum Gasteiger partial charge on any atom is 0.183 e. The lowest BCUT2D eigenvalue weighted by molar-refractivity contribution is 0.607. The van der Waals surface area contributed by atoms with Crippen molar-refractivity contribution in [2.24, 2.45) is 0 Å². The summed E-state index contributed by atoms with van der Waals surface area (Å²) >= 11 is 0. The minimum absolute atomic E-state index is 0.750. The smallest absolute Gasteiger partial charge is 0.183 e. The molecule has 0 N–H and O–H groups in total. The van der Waals surface area contributed by atoms with Gasteiger partial charge in [0, 0.05) is 30.1 Å². The highest BCUT2D eigenvalue weighted by Crippen LogP contribution is 2.29. The first-order valence-electron chi connectivity index (χ1n) is 6.35. The van der Waals surface area contributed by atoms with Crippen LogP contribution in [-0.4, -0.2) is 19.7 Å². The molecular weight excluding hydrogens is 236 g/mol. The molecule has 1 aromatic carbocycles. The third kappa shape index (κ3) is 1.64. The average molecular weight is 248 g/mol. The topological polar surface area (TPSA) is 43.6 Å². The van der Waals surface area contributed by atoms with E-state index in [1.54, 1.807) is 12.4 Å². The summed E-state index contributed by atoms with van der Waals surface area (Å²) in [4.78, 5) is 8.80. The number of aromatic nitrogens is 4. The van der Waals surface area contributed by atoms with E-state index in [1.807, 2.05) is 22.9 Å². The first-order valence-corrected chi connectivity index (χ1v) is 6.35. The molecule has 4 nitrogen and oxygen atoms in total. The molecule has 19 heavy (non-hydrogen) atoms. The fraction of sp³-hybridized carbons (Fsp3) is 0.133. The largest absolute Gasteiger partial charge is 0.264 e. The molecule has 0 saturated heterocycles. The molecule has 1 aliphatic heterocycles. The molecule has 4 rings (SSSR count). The number of pyridine rings is 1. The predicted octanol–water partition coefficient (Wildman–Crippen LogP) is 2.56. The predicted molar refractivity (Wildman–Crippen MR) is 72.4 cm³/mol. The van der Waals surface area contributed by atoms with Gasteiger partial charge in [0.15, 0.2) is 11.6 Å². The standard InChI is InChI=1S/C15H12N4/c1-2-6-13-11(4-1)7-9-19-15(13)17-14(18-19)12-5-3-8-16-10-12/h1-6,8,10H,7,9H2. The Morgan fingerprint density at radius 2 is 2.00 bits per heavy atom. The van der Waals surface area contributed by atoms with Gasteiger partial charge in [-0.25, -0.2) is 9.67 Å². The summed E-state index contributed by atoms with van der Waals surface area (Å²) in [5.41, 5.74) is 3.50. The molecule has 0 aliphatic carbocycles. The number of aryl methyl sites for hydroxylation is 2. The van der Waals surface area contributed by atoms with Gasteiger partial charge in [0.05, 0.1) is 0 Å². The van der Waals surface area contributed by atoms with Crippen LogP contribution < -0.4 is 0 Å². The number of benzene rings is 1. The average Bonchev–Trinajstić information content (AvgIpc) is 2.93. The SMILES string of the molecule is c1cncc(-c2nc3n(n2)CCc2ccccc2-3)c1. The molecule has 92 valence electrons. The summed E-state index contributed by atoms with van der Waals surface area (Å²) in [6.45, 7) is 0.889. The van der Waals surface area contributed by atoms with Crippen molar-refractivity contribution in [3.63, 3.8) is 0 Å². The van der Waals surface area contributed by atoms with Gasteiger partial charge >= 0.3 is 0 Å². The Morgan fingerprint density at radius 1 is 1.05 bits per heavy atom. The molecule has 0 unspecified atom stereocenters. The molecule has 0 amide bonds. The summed E-state index contributed by atoms with van der Waals surface area (Å²) in [6, 6.07) is 12.3. The Kier molecular flexibility index (Phi) is 2.21. The summed E-state index contributed by atoms with van der Waals surface area (Å²) in [7, 11) is 0. The van der Waals surface area contributed by atoms with Crippen molar-refractivity contribution < 1.29 is 0 Å². The van der Waals surface area contributed by atoms with Crippen LogP contribution in [-0.2, 0) is 13.0 Å². The molecule has 0 saturated carbocycles. The minimum atomic E-state index is 0.750. The summed E-state index contributed by atoms with van der Waals surface area (Å²) < 4.78 is 1.99. The molecule has 4 heteroatoms. The fourth-order valence-corrected chi connectivity index (χ4v) is 2.50. The Bertz CT molecular complexity index is 731. The fourth-order valence-electron chi connectivity index (χ4n) is 2.50. The highest BCUT2D eigenvalue weighted by molar-refractivity contribution is 5.65. The minimum Gasteiger partial charge on any atom is -0.264 e. The van der Waals surface area contributed by atoms with Crippen molar-refractivity contribution in [3.05, 3.63) is 54.4 Å². The molecule has 0 radical (unpaired) electrons. The van der Waals surface area contributed by atoms with E-state index in [0.717, 1.165) is 30.2 Å². The number of fused-ring (bicyclic) bond motifs is 3. The second-order valence-electron chi connectivity index (χ2n) is 4.63. The van der Waals surface area contributed by atoms with Crippen LogP contribution in [0.2, 0.25) is 0 Å². The quantitative estimate of drug-likeness (QED) is 0.664. The van der Waals surface area contributed by atoms with Gasteiger partial charge in [0.1, 0.15) is 0 Å². The molecule has 1 aliphatic rings. The number of hydrogen-bond acceptors (Lipinski definition) is 3. The third-order valence-corrected chi connectivity index (χ3v) is 3.44. The van der Waals surface area contributed by atoms with Crippen LogP contribution in [0.4, 0.5) is 0 Å². The molecule has 2 aromatic heterocycles. The van der Waals surface area contributed by atoms with E-state index in [1.165, 1.54) is 11.1 Å². The molecule has 3 aromatic rings. The molecule has 3 heterocycles. The highest BCUT2D eigenvalue weighted by atomic mass is 15.3. The van der Waals surface area contributed by atoms with E-state index in [4.69, 9.17) is 0 Å². The van der Waals surface area contributed by atoms with Gasteiger partial charge in [-0.05, 0) is 24.1 Å². The summed E-state index contributed by atoms with van der Waals surface area (Å²) in [5.74, 6) is 1.71. The maximum absolute atomic E-state index is 4.67. The van der Waals surface area contributed by atoms with Gasteiger partial charge < -0.3 is 0 Å². The second-order valence-corrected chi connectivity index (χ2v) is 4.63. The Hall–Kier alpha value is -2.49. The van der Waals surface area contributed by atoms with Crippen molar-refractivity contribution in [1.29, 1.82) is 0 Å². The van der Waals surface area contributed by atoms with Crippen LogP contribution in [0.15, 0.2) is 48.8 Å². The lowest BCUT2D eigenvalue weighted by Crippen LogP contribution is -2.11. The lowest BCUT2D eigenvalue weighted by atomic mass is 10.0. The monoisotopic (exact) mass is 248 g/mol. The van der Waals surface area contributed by atoms with Gasteiger partial charge in [-0.15, -0.1) is 0 Å². The Morgan fingerprint density at radius 3 is 2.89 bits per heavy atom. The lowest BCUT2D eigenvalue weighted by Gasteiger charge is -2.15. The van der Waals surface area contributed by atoms with Gasteiger partial charge in [0.2, 0.25) is 0 Å². The third-order valence-electron chi connectivity index (χ3n) is 3.44. The first-order chi connectivity index (χ1) is 9.42. The highest BCUT2D eigenvalue weighted by Gasteiger charge is 2.19. The van der Waals surface area contributed by atoms with Crippen LogP contribution >= 0.6 is 0 Å². The maximum atomic E-state index is 4.67. The Balaban J connectivity index is 1.88. The van der Waals surface area contributed by atoms with E-state index in [9.17, 15) is 0 Å². The van der Waals surface area contributed by atoms with Crippen LogP contribution in [0.3, 0.4) is 0 Å². The van der Waals surface area contributed by atoms with Gasteiger partial charge in [-0.1, -0.05) is 24.3 Å². The number of nitrogens with zero attached hydrogens (tertiary/aromatic N) is 4. The van der Waals surface area contributed by atoms with Gasteiger partial charge in [-0.2, -0.15) is 5.10 Å². The van der Waals surface area contributed by atoms with E-state index >= 15 is 0 Å². The second kappa shape index (κ2) is 4.02. The summed E-state index contributed by atoms with van der Waals surface area (Å²) in [5, 5.41) is 4.59. The Labute approximate surface area is 110 Å². The molecule has 0 bridgehead atoms. The van der Waals surface area contributed by atoms with Crippen molar-refractivity contribution in [2.75, 3.05) is 0 Å². The van der Waals surface area contributed by atoms with Crippen LogP contribution in [0, 0.1) is 0 Å². The van der Waals surface area contributed by atoms with E-state index in [0.29, 0.717) is 0 Å². The zero-order valence-corrected chi connectivity index (χ0v) is 10.3. The summed E-state index contributed by atoms with van der Waals surface area (Å²) in [6.07, 6.45) is 4.57. The molecular formula is C15H12N4.